The zero-order chi connectivity index (χ0) is 20.5. The molecule has 1 fully saturated rings. The minimum Gasteiger partial charge on any atom is -0.497 e. The fraction of sp³-hybridized carbons (Fsp3) is 0.280. The summed E-state index contributed by atoms with van der Waals surface area (Å²) in [6.45, 7) is 1.66. The van der Waals surface area contributed by atoms with E-state index in [2.05, 4.69) is 36.4 Å². The second-order valence-corrected chi connectivity index (χ2v) is 9.01. The number of piperidine rings is 1. The molecule has 4 aromatic rings. The summed E-state index contributed by atoms with van der Waals surface area (Å²) in [7, 11) is 1.66. The number of benzene rings is 2. The fourth-order valence-corrected chi connectivity index (χ4v) is 5.28. The summed E-state index contributed by atoms with van der Waals surface area (Å²) in [6, 6.07) is 20.6. The van der Waals surface area contributed by atoms with Gasteiger partial charge in [0.15, 0.2) is 0 Å². The number of methoxy groups -OCH3 is 1. The first-order valence-corrected chi connectivity index (χ1v) is 11.2. The Bertz CT molecular complexity index is 1190. The topological polar surface area (TPSA) is 42.4 Å². The molecule has 0 spiro atoms. The van der Waals surface area contributed by atoms with Crippen molar-refractivity contribution in [1.82, 2.24) is 9.88 Å². The average Bonchev–Trinajstić information content (AvgIpc) is 3.20. The van der Waals surface area contributed by atoms with Crippen molar-refractivity contribution < 1.29 is 9.53 Å². The molecule has 1 amide bonds. The molecule has 2 aromatic heterocycles. The molecule has 0 N–H and O–H groups in total. The molecule has 1 aliphatic rings. The van der Waals surface area contributed by atoms with E-state index in [1.165, 1.54) is 16.9 Å². The summed E-state index contributed by atoms with van der Waals surface area (Å²) in [5.41, 5.74) is 2.31. The van der Waals surface area contributed by atoms with E-state index in [0.29, 0.717) is 5.92 Å². The molecule has 0 atom stereocenters. The van der Waals surface area contributed by atoms with Crippen molar-refractivity contribution in [2.75, 3.05) is 20.2 Å². The van der Waals surface area contributed by atoms with E-state index in [0.717, 1.165) is 64.1 Å². The van der Waals surface area contributed by atoms with Gasteiger partial charge in [-0.15, -0.1) is 11.3 Å². The van der Waals surface area contributed by atoms with E-state index in [-0.39, 0.29) is 5.91 Å². The minimum absolute atomic E-state index is 0.137. The number of likely N-dealkylation sites (tertiary alicyclic amines) is 1. The maximum Gasteiger partial charge on any atom is 0.264 e. The third-order valence-corrected chi connectivity index (χ3v) is 7.02. The van der Waals surface area contributed by atoms with Gasteiger partial charge in [0, 0.05) is 23.9 Å². The van der Waals surface area contributed by atoms with E-state index in [9.17, 15) is 4.79 Å². The van der Waals surface area contributed by atoms with Gasteiger partial charge in [-0.3, -0.25) is 4.79 Å². The highest BCUT2D eigenvalue weighted by atomic mass is 32.1. The first-order chi connectivity index (χ1) is 14.7. The van der Waals surface area contributed by atoms with Gasteiger partial charge in [0.25, 0.3) is 5.91 Å². The normalized spacial score (nSPS) is 15.0. The van der Waals surface area contributed by atoms with E-state index in [4.69, 9.17) is 9.72 Å². The summed E-state index contributed by atoms with van der Waals surface area (Å²) in [6.07, 6.45) is 3.23. The van der Waals surface area contributed by atoms with Crippen LogP contribution < -0.4 is 4.74 Å². The highest BCUT2D eigenvalue weighted by Crippen LogP contribution is 2.31. The molecule has 1 saturated heterocycles. The third kappa shape index (κ3) is 3.77. The molecule has 4 nitrogen and oxygen atoms in total. The summed E-state index contributed by atoms with van der Waals surface area (Å²) in [4.78, 5) is 21.6. The highest BCUT2D eigenvalue weighted by molar-refractivity contribution is 7.20. The van der Waals surface area contributed by atoms with E-state index >= 15 is 0 Å². The molecule has 0 saturated carbocycles. The van der Waals surface area contributed by atoms with Gasteiger partial charge in [-0.2, -0.15) is 0 Å². The molecule has 0 bridgehead atoms. The monoisotopic (exact) mass is 416 g/mol. The van der Waals surface area contributed by atoms with E-state index in [1.807, 2.05) is 29.2 Å². The zero-order valence-corrected chi connectivity index (χ0v) is 17.8. The number of ether oxygens (including phenoxy) is 1. The lowest BCUT2D eigenvalue weighted by Crippen LogP contribution is -2.38. The lowest BCUT2D eigenvalue weighted by atomic mass is 9.90. The lowest BCUT2D eigenvalue weighted by molar-refractivity contribution is 0.0695. The van der Waals surface area contributed by atoms with Crippen LogP contribution in [0.5, 0.6) is 5.75 Å². The van der Waals surface area contributed by atoms with Gasteiger partial charge in [0.2, 0.25) is 0 Å². The van der Waals surface area contributed by atoms with Crippen molar-refractivity contribution in [3.8, 4) is 5.75 Å². The first kappa shape index (κ1) is 19.1. The fourth-order valence-electron chi connectivity index (χ4n) is 4.29. The Morgan fingerprint density at radius 3 is 2.63 bits per heavy atom. The SMILES string of the molecule is COc1ccc2nc3sc(C(=O)N4CCC(Cc5ccccc5)CC4)cc3cc2c1. The predicted octanol–water partition coefficient (Wildman–Crippen LogP) is 5.55. The number of carbonyl (C=O) groups is 1. The van der Waals surface area contributed by atoms with Gasteiger partial charge in [0.1, 0.15) is 10.6 Å². The van der Waals surface area contributed by atoms with Crippen LogP contribution in [0.25, 0.3) is 21.1 Å². The maximum absolute atomic E-state index is 13.1. The number of nitrogens with zero attached hydrogens (tertiary/aromatic N) is 2. The highest BCUT2D eigenvalue weighted by Gasteiger charge is 2.25. The smallest absolute Gasteiger partial charge is 0.264 e. The standard InChI is InChI=1S/C25H24N2O2S/c1-29-21-7-8-22-19(15-21)14-20-16-23(30-24(20)26-22)25(28)27-11-9-18(10-12-27)13-17-5-3-2-4-6-17/h2-8,14-16,18H,9-13H2,1H3. The third-order valence-electron chi connectivity index (χ3n) is 5.99. The summed E-state index contributed by atoms with van der Waals surface area (Å²) in [5.74, 6) is 1.60. The minimum atomic E-state index is 0.137. The van der Waals surface area contributed by atoms with Crippen LogP contribution in [-0.4, -0.2) is 36.0 Å². The summed E-state index contributed by atoms with van der Waals surface area (Å²) >= 11 is 1.49. The second kappa shape index (κ2) is 8.07. The van der Waals surface area contributed by atoms with Crippen LogP contribution >= 0.6 is 11.3 Å². The number of rotatable bonds is 4. The Morgan fingerprint density at radius 2 is 1.87 bits per heavy atom. The largest absolute Gasteiger partial charge is 0.497 e. The van der Waals surface area contributed by atoms with E-state index in [1.54, 1.807) is 7.11 Å². The molecule has 3 heterocycles. The Labute approximate surface area is 180 Å². The van der Waals surface area contributed by atoms with Gasteiger partial charge >= 0.3 is 0 Å². The van der Waals surface area contributed by atoms with Crippen molar-refractivity contribution in [2.45, 2.75) is 19.3 Å². The van der Waals surface area contributed by atoms with Crippen LogP contribution in [0.1, 0.15) is 28.1 Å². The average molecular weight is 417 g/mol. The first-order valence-electron chi connectivity index (χ1n) is 10.4. The molecule has 5 heteroatoms. The van der Waals surface area contributed by atoms with Gasteiger partial charge in [-0.25, -0.2) is 4.98 Å². The Hall–Kier alpha value is -2.92. The van der Waals surface area contributed by atoms with Crippen molar-refractivity contribution in [3.63, 3.8) is 0 Å². The number of hydrogen-bond donors (Lipinski definition) is 0. The molecule has 1 aliphatic heterocycles. The molecule has 152 valence electrons. The quantitative estimate of drug-likeness (QED) is 0.438. The Morgan fingerprint density at radius 1 is 1.07 bits per heavy atom. The molecule has 0 aliphatic carbocycles. The van der Waals surface area contributed by atoms with Crippen molar-refractivity contribution >= 4 is 38.4 Å². The van der Waals surface area contributed by atoms with Crippen LogP contribution in [0.4, 0.5) is 0 Å². The van der Waals surface area contributed by atoms with Gasteiger partial charge in [-0.05, 0) is 61.1 Å². The van der Waals surface area contributed by atoms with Crippen molar-refractivity contribution in [2.24, 2.45) is 5.92 Å². The summed E-state index contributed by atoms with van der Waals surface area (Å²) < 4.78 is 5.32. The number of hydrogen-bond acceptors (Lipinski definition) is 4. The van der Waals surface area contributed by atoms with Gasteiger partial charge < -0.3 is 9.64 Å². The molecule has 0 radical (unpaired) electrons. The predicted molar refractivity (Wildman–Crippen MR) is 122 cm³/mol. The molecule has 30 heavy (non-hydrogen) atoms. The van der Waals surface area contributed by atoms with Crippen LogP contribution in [0.2, 0.25) is 0 Å². The van der Waals surface area contributed by atoms with Gasteiger partial charge in [-0.1, -0.05) is 30.3 Å². The number of amides is 1. The number of fused-ring (bicyclic) bond motifs is 2. The maximum atomic E-state index is 13.1. The van der Waals surface area contributed by atoms with Crippen LogP contribution in [0.15, 0.2) is 60.7 Å². The van der Waals surface area contributed by atoms with Crippen LogP contribution in [0, 0.1) is 5.92 Å². The van der Waals surface area contributed by atoms with Crippen molar-refractivity contribution in [3.05, 3.63) is 71.1 Å². The number of carbonyl (C=O) groups excluding carboxylic acids is 1. The van der Waals surface area contributed by atoms with Crippen molar-refractivity contribution in [1.29, 1.82) is 0 Å². The summed E-state index contributed by atoms with van der Waals surface area (Å²) in [5, 5.41) is 2.04. The number of aromatic nitrogens is 1. The molecule has 0 unspecified atom stereocenters. The molecular weight excluding hydrogens is 392 g/mol. The number of thiophene rings is 1. The Balaban J connectivity index is 1.30. The zero-order valence-electron chi connectivity index (χ0n) is 17.0. The second-order valence-electron chi connectivity index (χ2n) is 7.98. The van der Waals surface area contributed by atoms with Gasteiger partial charge in [0.05, 0.1) is 17.5 Å². The molecular formula is C25H24N2O2S. The number of pyridine rings is 1. The van der Waals surface area contributed by atoms with Crippen LogP contribution in [-0.2, 0) is 6.42 Å². The van der Waals surface area contributed by atoms with E-state index < -0.39 is 0 Å². The Kier molecular flexibility index (Phi) is 5.13. The molecule has 5 rings (SSSR count). The lowest BCUT2D eigenvalue weighted by Gasteiger charge is -2.31. The van der Waals surface area contributed by atoms with Crippen LogP contribution in [0.3, 0.4) is 0 Å². The molecule has 2 aromatic carbocycles.